The SMILES string of the molecule is CCOC(=O)C1CCC(n2cc(-c3ccc4ccc(-c5ccccc5)nc4c3)c3c(N)ncnc32)CC1.CN1CCN(C2CC(c3nc(-c4ccc5ccc(-c6ccccc6)nc5c4)c4c(N)nccn34)C2)CC1.Nc1nccn2c(C3CC(=O)C3)nc(-c3ccc4ccc(-c5ccccc5)nc4c3)c12. The largest absolute Gasteiger partial charge is 0.466 e. The number of carbonyl (C=O) groups excluding carboxylic acids is 2. The van der Waals surface area contributed by atoms with E-state index in [1.54, 1.807) is 12.4 Å². The first-order chi connectivity index (χ1) is 51.4. The van der Waals surface area contributed by atoms with Crippen LogP contribution in [0.15, 0.2) is 219 Å². The Morgan fingerprint density at radius 1 is 0.495 bits per heavy atom. The van der Waals surface area contributed by atoms with E-state index in [9.17, 15) is 9.59 Å². The van der Waals surface area contributed by atoms with Crippen molar-refractivity contribution < 1.29 is 14.3 Å². The van der Waals surface area contributed by atoms with Gasteiger partial charge in [-0.1, -0.05) is 146 Å². The molecule has 1 saturated heterocycles. The summed E-state index contributed by atoms with van der Waals surface area (Å²) >= 11 is 0. The van der Waals surface area contributed by atoms with E-state index in [2.05, 4.69) is 161 Å². The normalized spacial score (nSPS) is 17.8. The predicted octanol–water partition coefficient (Wildman–Crippen LogP) is 15.5. The van der Waals surface area contributed by atoms with Crippen LogP contribution in [0.1, 0.15) is 87.8 Å². The van der Waals surface area contributed by atoms with E-state index in [0.717, 1.165) is 199 Å². The van der Waals surface area contributed by atoms with Crippen LogP contribution in [0.3, 0.4) is 0 Å². The van der Waals surface area contributed by atoms with Crippen LogP contribution in [0, 0.1) is 5.92 Å². The Morgan fingerprint density at radius 3 is 1.45 bits per heavy atom. The summed E-state index contributed by atoms with van der Waals surface area (Å²) in [7, 11) is 2.21. The average Bonchev–Trinajstić information content (AvgIpc) is 1.62. The Kier molecular flexibility index (Phi) is 17.8. The lowest BCUT2D eigenvalue weighted by Crippen LogP contribution is -2.52. The molecule has 9 aromatic heterocycles. The van der Waals surface area contributed by atoms with Gasteiger partial charge in [0.1, 0.15) is 69.3 Å². The topological polar surface area (TPSA) is 258 Å². The number of ether oxygens (including phenoxy) is 1. The van der Waals surface area contributed by atoms with Crippen molar-refractivity contribution in [2.75, 3.05) is 57.0 Å². The smallest absolute Gasteiger partial charge is 0.308 e. The van der Waals surface area contributed by atoms with Crippen molar-refractivity contribution in [1.82, 2.24) is 68.0 Å². The molecular formula is C85H79N17O3. The Bertz CT molecular complexity index is 5750. The number of benzene rings is 6. The first-order valence-electron chi connectivity index (χ1n) is 36.3. The van der Waals surface area contributed by atoms with E-state index < -0.39 is 0 Å². The zero-order valence-electron chi connectivity index (χ0n) is 58.6. The number of nitrogens with two attached hydrogens (primary N) is 3. The number of imidazole rings is 2. The van der Waals surface area contributed by atoms with Crippen LogP contribution in [0.2, 0.25) is 0 Å². The van der Waals surface area contributed by atoms with Gasteiger partial charge in [-0.05, 0) is 94.5 Å². The summed E-state index contributed by atoms with van der Waals surface area (Å²) in [6.45, 7) is 6.91. The number of rotatable bonds is 12. The Balaban J connectivity index is 0.000000117. The lowest BCUT2D eigenvalue weighted by atomic mass is 9.78. The summed E-state index contributed by atoms with van der Waals surface area (Å²) < 4.78 is 11.6. The molecule has 19 rings (SSSR count). The number of hydrogen-bond acceptors (Lipinski definition) is 17. The van der Waals surface area contributed by atoms with E-state index in [4.69, 9.17) is 46.9 Å². The van der Waals surface area contributed by atoms with Gasteiger partial charge in [0.05, 0.1) is 51.5 Å². The molecule has 3 saturated carbocycles. The molecule has 4 fully saturated rings. The van der Waals surface area contributed by atoms with Crippen LogP contribution in [0.5, 0.6) is 0 Å². The number of fused-ring (bicyclic) bond motifs is 6. The molecule has 6 N–H and O–H groups in total. The third kappa shape index (κ3) is 13.0. The number of ketones is 1. The lowest BCUT2D eigenvalue weighted by molar-refractivity contribution is -0.149. The molecule has 20 nitrogen and oxygen atoms in total. The summed E-state index contributed by atoms with van der Waals surface area (Å²) in [6, 6.07) is 62.8. The summed E-state index contributed by atoms with van der Waals surface area (Å²) in [5.74, 6) is 4.07. The number of nitrogens with zero attached hydrogens (tertiary/aromatic N) is 14. The fraction of sp³-hybridized carbons (Fsp3) is 0.235. The number of carbonyl (C=O) groups is 2. The molecule has 4 aliphatic rings. The van der Waals surface area contributed by atoms with Crippen LogP contribution >= 0.6 is 0 Å². The van der Waals surface area contributed by atoms with Crippen LogP contribution < -0.4 is 17.2 Å². The Hall–Kier alpha value is -12.1. The standard InChI is InChI=1S/C30H31N7.C30H29N5O2.C25H19N5O/c1-35-13-15-36(16-14-35)24-17-23(18-24)30-34-27(28-29(31)32-11-12-37(28)30)22-8-7-21-9-10-25(33-26(21)19-22)20-5-3-2-4-6-20;1-2-37-30(36)21-10-13-23(14-11-21)35-17-24(27-28(31)32-18-33-29(27)35)22-9-8-20-12-15-25(34-26(20)16-22)19-6-4-3-5-7-19;26-24-23-22(29-25(18-12-19(31)13-18)30(23)11-10-27-24)17-7-6-16-8-9-20(28-21(16)14-17)15-4-2-1-3-5-15/h2-12,19,23-24H,13-18H2,1H3,(H2,31,32);3-9,12,15-18,21,23H,2,10-11,13-14H2,1H3,(H2,31,32,33);1-11,14,18H,12-13H2,(H2,26,27). The average molecular weight is 1390 g/mol. The number of likely N-dealkylation sites (N-methyl/N-ethyl adjacent to an activating group) is 1. The summed E-state index contributed by atoms with van der Waals surface area (Å²) in [6.07, 6.45) is 17.7. The van der Waals surface area contributed by atoms with Crippen LogP contribution in [0.4, 0.5) is 17.5 Å². The number of pyridine rings is 3. The van der Waals surface area contributed by atoms with Gasteiger partial charge in [0.15, 0.2) is 0 Å². The second-order valence-electron chi connectivity index (χ2n) is 28.1. The molecular weight excluding hydrogens is 1310 g/mol. The second-order valence-corrected chi connectivity index (χ2v) is 28.1. The molecule has 0 radical (unpaired) electrons. The molecule has 20 heteroatoms. The van der Waals surface area contributed by atoms with Crippen molar-refractivity contribution in [3.63, 3.8) is 0 Å². The van der Waals surface area contributed by atoms with Crippen molar-refractivity contribution in [3.05, 3.63) is 231 Å². The fourth-order valence-corrected chi connectivity index (χ4v) is 15.7. The molecule has 0 bridgehead atoms. The van der Waals surface area contributed by atoms with Crippen molar-refractivity contribution in [2.24, 2.45) is 5.92 Å². The molecule has 522 valence electrons. The van der Waals surface area contributed by atoms with Crippen LogP contribution in [0.25, 0.3) is 122 Å². The first kappa shape index (κ1) is 66.1. The first-order valence-corrected chi connectivity index (χ1v) is 36.3. The lowest BCUT2D eigenvalue weighted by Gasteiger charge is -2.45. The van der Waals surface area contributed by atoms with E-state index in [1.807, 2.05) is 96.5 Å². The number of aromatic nitrogens is 12. The molecule has 105 heavy (non-hydrogen) atoms. The van der Waals surface area contributed by atoms with Gasteiger partial charge < -0.3 is 31.4 Å². The van der Waals surface area contributed by atoms with E-state index >= 15 is 0 Å². The third-order valence-electron chi connectivity index (χ3n) is 21.6. The van der Waals surface area contributed by atoms with E-state index in [-0.39, 0.29) is 29.6 Å². The maximum absolute atomic E-state index is 12.2. The van der Waals surface area contributed by atoms with Gasteiger partial charge in [0, 0.05) is 143 Å². The number of esters is 1. The third-order valence-corrected chi connectivity index (χ3v) is 21.6. The molecule has 6 aromatic carbocycles. The molecule has 0 unspecified atom stereocenters. The van der Waals surface area contributed by atoms with Gasteiger partial charge in [-0.2, -0.15) is 0 Å². The number of piperazine rings is 1. The highest BCUT2D eigenvalue weighted by Crippen LogP contribution is 2.45. The van der Waals surface area contributed by atoms with Gasteiger partial charge in [-0.25, -0.2) is 44.9 Å². The maximum Gasteiger partial charge on any atom is 0.308 e. The summed E-state index contributed by atoms with van der Waals surface area (Å²) in [5.41, 5.74) is 36.1. The second kappa shape index (κ2) is 28.2. The molecule has 0 amide bonds. The molecule has 0 spiro atoms. The molecule has 1 aliphatic heterocycles. The number of nitrogen functional groups attached to an aromatic ring is 3. The number of anilines is 3. The van der Waals surface area contributed by atoms with Gasteiger partial charge in [0.2, 0.25) is 0 Å². The highest BCUT2D eigenvalue weighted by molar-refractivity contribution is 6.02. The summed E-state index contributed by atoms with van der Waals surface area (Å²) in [5, 5.41) is 4.09. The minimum atomic E-state index is -0.0795. The van der Waals surface area contributed by atoms with Crippen LogP contribution in [-0.4, -0.2) is 126 Å². The maximum atomic E-state index is 12.2. The highest BCUT2D eigenvalue weighted by atomic mass is 16.5. The van der Waals surface area contributed by atoms with E-state index in [1.165, 1.54) is 6.33 Å². The number of hydrogen-bond donors (Lipinski definition) is 3. The minimum Gasteiger partial charge on any atom is -0.466 e. The highest BCUT2D eigenvalue weighted by Gasteiger charge is 2.39. The van der Waals surface area contributed by atoms with Gasteiger partial charge in [-0.15, -0.1) is 0 Å². The van der Waals surface area contributed by atoms with Crippen molar-refractivity contribution in [2.45, 2.75) is 82.2 Å². The molecule has 0 atom stereocenters. The molecule has 10 heterocycles. The van der Waals surface area contributed by atoms with Crippen molar-refractivity contribution in [1.29, 1.82) is 0 Å². The summed E-state index contributed by atoms with van der Waals surface area (Å²) in [4.78, 5) is 71.5. The van der Waals surface area contributed by atoms with Gasteiger partial charge in [0.25, 0.3) is 0 Å². The minimum absolute atomic E-state index is 0.0254. The predicted molar refractivity (Wildman–Crippen MR) is 415 cm³/mol. The molecule has 15 aromatic rings. The van der Waals surface area contributed by atoms with Crippen LogP contribution in [-0.2, 0) is 14.3 Å². The molecule has 3 aliphatic carbocycles. The number of Topliss-reactive ketones (excluding diaryl/α,β-unsaturated/α-hetero) is 1. The fourth-order valence-electron chi connectivity index (χ4n) is 15.7. The monoisotopic (exact) mass is 1390 g/mol. The quantitative estimate of drug-likeness (QED) is 0.0961. The Morgan fingerprint density at radius 2 is 0.962 bits per heavy atom. The van der Waals surface area contributed by atoms with Gasteiger partial charge >= 0.3 is 5.97 Å². The zero-order chi connectivity index (χ0) is 71.2. The van der Waals surface area contributed by atoms with E-state index in [0.29, 0.717) is 48.9 Å². The van der Waals surface area contributed by atoms with Crippen molar-refractivity contribution in [3.8, 4) is 67.4 Å². The Labute approximate surface area is 606 Å². The zero-order valence-corrected chi connectivity index (χ0v) is 58.6. The van der Waals surface area contributed by atoms with Gasteiger partial charge in [-0.3, -0.25) is 23.3 Å². The van der Waals surface area contributed by atoms with Crippen molar-refractivity contribution >= 4 is 84.0 Å².